The first-order valence-corrected chi connectivity index (χ1v) is 5.22. The Hall–Kier alpha value is -1.64. The second-order valence-corrected chi connectivity index (χ2v) is 3.70. The van der Waals surface area contributed by atoms with Crippen LogP contribution in [0.5, 0.6) is 0 Å². The number of likely N-dealkylation sites (tertiary alicyclic amines) is 1. The van der Waals surface area contributed by atoms with Gasteiger partial charge in [0.05, 0.1) is 11.9 Å². The van der Waals surface area contributed by atoms with Gasteiger partial charge in [0.15, 0.2) is 0 Å². The average molecular weight is 201 g/mol. The standard InChI is InChI=1S/C12H15N3/c1-15-9-5-8-12(15)10-13-14-11-6-3-2-4-7-11/h2-4,6-7,10H,5,8-9H2,1H3/b12-10+,14-13?. The molecule has 3 nitrogen and oxygen atoms in total. The Bertz CT molecular complexity index is 368. The van der Waals surface area contributed by atoms with Crippen molar-refractivity contribution < 1.29 is 0 Å². The van der Waals surface area contributed by atoms with E-state index in [1.807, 2.05) is 36.5 Å². The molecule has 15 heavy (non-hydrogen) atoms. The smallest absolute Gasteiger partial charge is 0.0856 e. The van der Waals surface area contributed by atoms with Crippen LogP contribution in [0.1, 0.15) is 12.8 Å². The molecular formula is C12H15N3. The summed E-state index contributed by atoms with van der Waals surface area (Å²) in [6.07, 6.45) is 4.20. The van der Waals surface area contributed by atoms with Crippen LogP contribution in [0.15, 0.2) is 52.5 Å². The van der Waals surface area contributed by atoms with Gasteiger partial charge in [-0.25, -0.2) is 0 Å². The van der Waals surface area contributed by atoms with Crippen LogP contribution in [0.25, 0.3) is 0 Å². The quantitative estimate of drug-likeness (QED) is 0.674. The molecular weight excluding hydrogens is 186 g/mol. The van der Waals surface area contributed by atoms with Crippen LogP contribution in [-0.4, -0.2) is 18.5 Å². The molecule has 2 rings (SSSR count). The van der Waals surface area contributed by atoms with Crippen LogP contribution < -0.4 is 0 Å². The van der Waals surface area contributed by atoms with E-state index >= 15 is 0 Å². The molecule has 1 fully saturated rings. The fourth-order valence-electron chi connectivity index (χ4n) is 1.65. The van der Waals surface area contributed by atoms with Gasteiger partial charge < -0.3 is 4.90 Å². The largest absolute Gasteiger partial charge is 0.377 e. The molecule has 0 saturated carbocycles. The molecule has 0 amide bonds. The lowest BCUT2D eigenvalue weighted by Crippen LogP contribution is -2.09. The molecule has 0 bridgehead atoms. The molecule has 1 aliphatic heterocycles. The third-order valence-electron chi connectivity index (χ3n) is 2.55. The van der Waals surface area contributed by atoms with Crippen LogP contribution in [0.2, 0.25) is 0 Å². The zero-order valence-corrected chi connectivity index (χ0v) is 8.93. The summed E-state index contributed by atoms with van der Waals surface area (Å²) >= 11 is 0. The van der Waals surface area contributed by atoms with E-state index in [4.69, 9.17) is 0 Å². The van der Waals surface area contributed by atoms with Gasteiger partial charge in [0.1, 0.15) is 0 Å². The summed E-state index contributed by atoms with van der Waals surface area (Å²) in [6.45, 7) is 1.13. The maximum absolute atomic E-state index is 4.13. The molecule has 0 N–H and O–H groups in total. The van der Waals surface area contributed by atoms with E-state index in [0.717, 1.165) is 18.7 Å². The van der Waals surface area contributed by atoms with Crippen molar-refractivity contribution in [3.8, 4) is 0 Å². The van der Waals surface area contributed by atoms with Crippen LogP contribution in [0.4, 0.5) is 5.69 Å². The predicted molar refractivity (Wildman–Crippen MR) is 60.9 cm³/mol. The molecule has 1 aromatic carbocycles. The minimum atomic E-state index is 0.898. The van der Waals surface area contributed by atoms with Gasteiger partial charge in [-0.2, -0.15) is 10.2 Å². The van der Waals surface area contributed by atoms with E-state index in [1.165, 1.54) is 12.1 Å². The average Bonchev–Trinajstić information content (AvgIpc) is 2.66. The van der Waals surface area contributed by atoms with Crippen molar-refractivity contribution in [3.63, 3.8) is 0 Å². The summed E-state index contributed by atoms with van der Waals surface area (Å²) in [5.41, 5.74) is 2.17. The first kappa shape index (κ1) is 9.90. The maximum atomic E-state index is 4.13. The fourth-order valence-corrected chi connectivity index (χ4v) is 1.65. The Balaban J connectivity index is 2.01. The number of azo groups is 1. The van der Waals surface area contributed by atoms with Crippen molar-refractivity contribution in [3.05, 3.63) is 42.2 Å². The van der Waals surface area contributed by atoms with E-state index in [9.17, 15) is 0 Å². The summed E-state index contributed by atoms with van der Waals surface area (Å²) in [6, 6.07) is 9.79. The molecule has 1 aromatic rings. The molecule has 0 atom stereocenters. The second kappa shape index (κ2) is 4.73. The first-order chi connectivity index (χ1) is 7.36. The zero-order valence-electron chi connectivity index (χ0n) is 8.93. The van der Waals surface area contributed by atoms with Gasteiger partial charge in [-0.1, -0.05) is 18.2 Å². The third kappa shape index (κ3) is 2.65. The lowest BCUT2D eigenvalue weighted by atomic mass is 10.3. The Morgan fingerprint density at radius 2 is 2.07 bits per heavy atom. The highest BCUT2D eigenvalue weighted by Gasteiger charge is 2.11. The van der Waals surface area contributed by atoms with Crippen LogP contribution in [0.3, 0.4) is 0 Å². The molecule has 78 valence electrons. The van der Waals surface area contributed by atoms with Crippen LogP contribution >= 0.6 is 0 Å². The van der Waals surface area contributed by atoms with Gasteiger partial charge in [0.2, 0.25) is 0 Å². The Morgan fingerprint density at radius 3 is 2.73 bits per heavy atom. The number of hydrogen-bond donors (Lipinski definition) is 0. The lowest BCUT2D eigenvalue weighted by molar-refractivity contribution is 0.479. The van der Waals surface area contributed by atoms with Gasteiger partial charge in [-0.15, -0.1) is 0 Å². The minimum absolute atomic E-state index is 0.898. The van der Waals surface area contributed by atoms with E-state index in [-0.39, 0.29) is 0 Å². The summed E-state index contributed by atoms with van der Waals surface area (Å²) < 4.78 is 0. The predicted octanol–water partition coefficient (Wildman–Crippen LogP) is 3.34. The van der Waals surface area contributed by atoms with E-state index < -0.39 is 0 Å². The Morgan fingerprint density at radius 1 is 1.27 bits per heavy atom. The molecule has 0 aliphatic carbocycles. The van der Waals surface area contributed by atoms with Crippen molar-refractivity contribution in [1.82, 2.24) is 4.90 Å². The zero-order chi connectivity index (χ0) is 10.5. The van der Waals surface area contributed by atoms with Crippen molar-refractivity contribution in [1.29, 1.82) is 0 Å². The Labute approximate surface area is 90.1 Å². The van der Waals surface area contributed by atoms with Crippen LogP contribution in [0, 0.1) is 0 Å². The van der Waals surface area contributed by atoms with Gasteiger partial charge in [0, 0.05) is 19.3 Å². The molecule has 0 radical (unpaired) electrons. The van der Waals surface area contributed by atoms with E-state index in [0.29, 0.717) is 0 Å². The molecule has 3 heteroatoms. The number of benzene rings is 1. The Kier molecular flexibility index (Phi) is 3.12. The maximum Gasteiger partial charge on any atom is 0.0856 e. The summed E-state index contributed by atoms with van der Waals surface area (Å²) in [5.74, 6) is 0. The topological polar surface area (TPSA) is 28.0 Å². The summed E-state index contributed by atoms with van der Waals surface area (Å²) in [7, 11) is 2.09. The molecule has 0 aromatic heterocycles. The van der Waals surface area contributed by atoms with Crippen molar-refractivity contribution in [2.24, 2.45) is 10.2 Å². The van der Waals surface area contributed by atoms with Crippen molar-refractivity contribution >= 4 is 5.69 Å². The molecule has 1 saturated heterocycles. The number of rotatable bonds is 2. The minimum Gasteiger partial charge on any atom is -0.377 e. The normalized spacial score (nSPS) is 19.3. The third-order valence-corrected chi connectivity index (χ3v) is 2.55. The van der Waals surface area contributed by atoms with Crippen LogP contribution in [-0.2, 0) is 0 Å². The molecule has 0 spiro atoms. The fraction of sp³-hybridized carbons (Fsp3) is 0.333. The van der Waals surface area contributed by atoms with Crippen molar-refractivity contribution in [2.45, 2.75) is 12.8 Å². The highest BCUT2D eigenvalue weighted by molar-refractivity contribution is 5.34. The monoisotopic (exact) mass is 201 g/mol. The van der Waals surface area contributed by atoms with E-state index in [1.54, 1.807) is 0 Å². The van der Waals surface area contributed by atoms with Gasteiger partial charge in [-0.3, -0.25) is 0 Å². The van der Waals surface area contributed by atoms with Gasteiger partial charge >= 0.3 is 0 Å². The first-order valence-electron chi connectivity index (χ1n) is 5.22. The number of allylic oxidation sites excluding steroid dienone is 1. The number of nitrogens with zero attached hydrogens (tertiary/aromatic N) is 3. The summed E-state index contributed by atoms with van der Waals surface area (Å²) in [4.78, 5) is 2.23. The van der Waals surface area contributed by atoms with Gasteiger partial charge in [0.25, 0.3) is 0 Å². The molecule has 1 aliphatic rings. The SMILES string of the molecule is CN1CCC/C1=C\N=Nc1ccccc1. The van der Waals surface area contributed by atoms with E-state index in [2.05, 4.69) is 22.2 Å². The number of hydrogen-bond acceptors (Lipinski definition) is 3. The highest BCUT2D eigenvalue weighted by atomic mass is 15.2. The van der Waals surface area contributed by atoms with Crippen molar-refractivity contribution in [2.75, 3.05) is 13.6 Å². The highest BCUT2D eigenvalue weighted by Crippen LogP contribution is 2.19. The summed E-state index contributed by atoms with van der Waals surface area (Å²) in [5, 5.41) is 8.22. The molecule has 0 unspecified atom stereocenters. The second-order valence-electron chi connectivity index (χ2n) is 3.70. The molecule has 1 heterocycles. The lowest BCUT2D eigenvalue weighted by Gasteiger charge is -2.10. The van der Waals surface area contributed by atoms with Gasteiger partial charge in [-0.05, 0) is 25.0 Å².